The zero-order chi connectivity index (χ0) is 14.9. The second-order valence-electron chi connectivity index (χ2n) is 3.26. The average Bonchev–Trinajstić information content (AvgIpc) is 1.71. The summed E-state index contributed by atoms with van der Waals surface area (Å²) in [6, 6.07) is 0. The summed E-state index contributed by atoms with van der Waals surface area (Å²) in [5, 5.41) is 0. The normalized spacial score (nSPS) is 10.9. The third-order valence-corrected chi connectivity index (χ3v) is 0.544. The molecule has 0 spiro atoms. The molecule has 0 atom stereocenters. The van der Waals surface area contributed by atoms with Crippen LogP contribution in [0.5, 0.6) is 0 Å². The Labute approximate surface area is 160 Å². The predicted molar refractivity (Wildman–Crippen MR) is 80.4 cm³/mol. The van der Waals surface area contributed by atoms with Gasteiger partial charge in [-0.15, -0.1) is 0 Å². The molecule has 0 aromatic rings. The Hall–Kier alpha value is 2.66. The Morgan fingerprint density at radius 3 is 0.833 bits per heavy atom. The van der Waals surface area contributed by atoms with Crippen molar-refractivity contribution in [2.24, 2.45) is 0 Å². The number of hydrogen-bond acceptors (Lipinski definition) is 3. The van der Waals surface area contributed by atoms with E-state index in [1.54, 1.807) is 0 Å². The molecule has 0 aliphatic rings. The van der Waals surface area contributed by atoms with Crippen LogP contribution in [0.3, 0.4) is 0 Å². The summed E-state index contributed by atoms with van der Waals surface area (Å²) in [7, 11) is 0. The van der Waals surface area contributed by atoms with Crippen molar-refractivity contribution in [3.63, 3.8) is 0 Å². The van der Waals surface area contributed by atoms with Crippen molar-refractivity contribution in [1.29, 1.82) is 0 Å². The van der Waals surface area contributed by atoms with Crippen molar-refractivity contribution in [3.8, 4) is 0 Å². The van der Waals surface area contributed by atoms with Crippen LogP contribution in [0.2, 0.25) is 0 Å². The van der Waals surface area contributed by atoms with Crippen LogP contribution in [0.1, 0.15) is 27.7 Å². The van der Waals surface area contributed by atoms with Gasteiger partial charge in [-0.3, -0.25) is 0 Å². The number of ether oxygens (including phenoxy) is 1. The molecule has 0 rings (SSSR count). The standard InChI is InChI=1S/C6H14O.K.2H3O3PS.H/c1-5(2)7-6(3)4;;2*1-4(2,3)5;/h5-6H,1-4H3;;2*(H3,1,2,3,5);. The van der Waals surface area contributed by atoms with Crippen LogP contribution in [-0.2, 0) is 28.4 Å². The van der Waals surface area contributed by atoms with E-state index in [0.29, 0.717) is 12.2 Å². The van der Waals surface area contributed by atoms with E-state index >= 15 is 0 Å². The zero-order valence-corrected chi connectivity index (χ0v) is 13.4. The molecule has 18 heavy (non-hydrogen) atoms. The summed E-state index contributed by atoms with van der Waals surface area (Å²) in [5.41, 5.74) is 0. The second-order valence-corrected chi connectivity index (χ2v) is 8.25. The molecule has 0 bridgehead atoms. The Bertz CT molecular complexity index is 222. The molecule has 0 aliphatic heterocycles. The van der Waals surface area contributed by atoms with Gasteiger partial charge in [0.15, 0.2) is 0 Å². The zero-order valence-electron chi connectivity index (χ0n) is 9.96. The average molecular weight is 370 g/mol. The van der Waals surface area contributed by atoms with E-state index < -0.39 is 13.4 Å². The summed E-state index contributed by atoms with van der Waals surface area (Å²) in [4.78, 5) is 45.3. The first-order valence-electron chi connectivity index (χ1n) is 4.35. The van der Waals surface area contributed by atoms with Gasteiger partial charge < -0.3 is 34.1 Å². The van der Waals surface area contributed by atoms with Crippen molar-refractivity contribution < 1.29 is 34.1 Å². The fourth-order valence-electron chi connectivity index (χ4n) is 0.544. The van der Waals surface area contributed by atoms with Crippen LogP contribution < -0.4 is 0 Å². The molecule has 0 heterocycles. The molecule has 0 unspecified atom stereocenters. The van der Waals surface area contributed by atoms with E-state index in [-0.39, 0.29) is 51.4 Å². The number of rotatable bonds is 2. The molecule has 0 saturated carbocycles. The van der Waals surface area contributed by atoms with E-state index in [1.807, 2.05) is 27.7 Å². The van der Waals surface area contributed by atoms with E-state index in [9.17, 15) is 0 Å². The fraction of sp³-hybridized carbons (Fsp3) is 1.00. The molecule has 0 aromatic heterocycles. The Kier molecular flexibility index (Phi) is 23.3. The van der Waals surface area contributed by atoms with Crippen molar-refractivity contribution in [3.05, 3.63) is 0 Å². The molecule has 12 heteroatoms. The van der Waals surface area contributed by atoms with Gasteiger partial charge in [-0.1, -0.05) is 0 Å². The van der Waals surface area contributed by atoms with Gasteiger partial charge >= 0.3 is 64.8 Å². The van der Waals surface area contributed by atoms with E-state index in [2.05, 4.69) is 23.6 Å². The van der Waals surface area contributed by atoms with Crippen LogP contribution in [0.15, 0.2) is 0 Å². The molecule has 0 amide bonds. The molecule has 6 N–H and O–H groups in total. The Balaban J connectivity index is -0.0000000813. The Morgan fingerprint density at radius 1 is 0.722 bits per heavy atom. The van der Waals surface area contributed by atoms with Gasteiger partial charge in [0.05, 0.1) is 12.2 Å². The minimum absolute atomic E-state index is 0. The molecule has 0 aromatic carbocycles. The third-order valence-electron chi connectivity index (χ3n) is 0.544. The summed E-state index contributed by atoms with van der Waals surface area (Å²) in [6.07, 6.45) is 0.750. The molecule has 0 aliphatic carbocycles. The SMILES string of the molecule is CC(C)OC(C)C.OP(O)(O)=S.OP(O)(O)=S.[KH]. The molecular formula is C6H21KO7P2S2. The van der Waals surface area contributed by atoms with Gasteiger partial charge in [0.2, 0.25) is 0 Å². The monoisotopic (exact) mass is 370 g/mol. The summed E-state index contributed by atoms with van der Waals surface area (Å²) >= 11 is 7.21. The molecule has 0 saturated heterocycles. The van der Waals surface area contributed by atoms with Gasteiger partial charge in [-0.2, -0.15) is 0 Å². The molecular weight excluding hydrogens is 349 g/mol. The number of hydrogen-bond donors (Lipinski definition) is 6. The quantitative estimate of drug-likeness (QED) is 0.283. The maximum absolute atomic E-state index is 7.56. The van der Waals surface area contributed by atoms with Crippen molar-refractivity contribution in [1.82, 2.24) is 0 Å². The predicted octanol–water partition coefficient (Wildman–Crippen LogP) is -0.453. The molecule has 0 radical (unpaired) electrons. The summed E-state index contributed by atoms with van der Waals surface area (Å²) in [6.45, 7) is 0.556. The van der Waals surface area contributed by atoms with Crippen LogP contribution in [0.4, 0.5) is 0 Å². The molecule has 110 valence electrons. The van der Waals surface area contributed by atoms with Gasteiger partial charge in [-0.25, -0.2) is 0 Å². The first kappa shape index (κ1) is 28.8. The molecule has 0 fully saturated rings. The topological polar surface area (TPSA) is 131 Å². The third kappa shape index (κ3) is 131. The van der Waals surface area contributed by atoms with Crippen molar-refractivity contribution in [2.45, 2.75) is 39.9 Å². The summed E-state index contributed by atoms with van der Waals surface area (Å²) in [5.74, 6) is 0. The van der Waals surface area contributed by atoms with Crippen LogP contribution in [0, 0.1) is 0 Å². The van der Waals surface area contributed by atoms with Crippen LogP contribution in [0.25, 0.3) is 0 Å². The van der Waals surface area contributed by atoms with Crippen molar-refractivity contribution >= 4 is 88.4 Å². The minimum atomic E-state index is -3.81. The van der Waals surface area contributed by atoms with Gasteiger partial charge in [0, 0.05) is 0 Å². The van der Waals surface area contributed by atoms with Crippen LogP contribution in [-0.4, -0.2) is 93.0 Å². The van der Waals surface area contributed by atoms with Gasteiger partial charge in [0.25, 0.3) is 0 Å². The first-order valence-corrected chi connectivity index (χ1v) is 9.67. The van der Waals surface area contributed by atoms with E-state index in [1.165, 1.54) is 0 Å². The Morgan fingerprint density at radius 2 is 0.833 bits per heavy atom. The summed E-state index contributed by atoms with van der Waals surface area (Å²) < 4.78 is 5.25. The van der Waals surface area contributed by atoms with Crippen LogP contribution >= 0.6 is 13.4 Å². The molecule has 7 nitrogen and oxygen atoms in total. The van der Waals surface area contributed by atoms with Gasteiger partial charge in [-0.05, 0) is 51.3 Å². The maximum atomic E-state index is 7.56. The second kappa shape index (κ2) is 14.6. The van der Waals surface area contributed by atoms with E-state index in [4.69, 9.17) is 34.1 Å². The van der Waals surface area contributed by atoms with Gasteiger partial charge in [0.1, 0.15) is 0 Å². The first-order chi connectivity index (χ1) is 7.13. The van der Waals surface area contributed by atoms with Crippen molar-refractivity contribution in [2.75, 3.05) is 0 Å². The van der Waals surface area contributed by atoms with E-state index in [0.717, 1.165) is 0 Å². The fourth-order valence-corrected chi connectivity index (χ4v) is 0.544.